The summed E-state index contributed by atoms with van der Waals surface area (Å²) in [4.78, 5) is 11.8. The van der Waals surface area contributed by atoms with Gasteiger partial charge in [-0.3, -0.25) is 4.79 Å². The smallest absolute Gasteiger partial charge is 0.222 e. The van der Waals surface area contributed by atoms with Crippen molar-refractivity contribution in [2.24, 2.45) is 5.92 Å². The number of ether oxygens (including phenoxy) is 1. The molecule has 1 fully saturated rings. The molecule has 1 aliphatic heterocycles. The quantitative estimate of drug-likeness (QED) is 0.760. The Labute approximate surface area is 111 Å². The summed E-state index contributed by atoms with van der Waals surface area (Å²) in [7, 11) is 1.64. The van der Waals surface area contributed by atoms with E-state index in [0.717, 1.165) is 13.1 Å². The zero-order valence-electron chi connectivity index (χ0n) is 12.2. The summed E-state index contributed by atoms with van der Waals surface area (Å²) in [6.45, 7) is 7.89. The van der Waals surface area contributed by atoms with Crippen LogP contribution in [0.15, 0.2) is 0 Å². The lowest BCUT2D eigenvalue weighted by Gasteiger charge is -2.32. The number of methoxy groups -OCH3 is 1. The summed E-state index contributed by atoms with van der Waals surface area (Å²) in [5.74, 6) is 0.763. The number of rotatable bonds is 6. The minimum Gasteiger partial charge on any atom is -0.378 e. The highest BCUT2D eigenvalue weighted by molar-refractivity contribution is 5.76. The van der Waals surface area contributed by atoms with Gasteiger partial charge in [-0.15, -0.1) is 0 Å². The molecule has 2 atom stereocenters. The monoisotopic (exact) mass is 256 g/mol. The van der Waals surface area contributed by atoms with E-state index in [1.54, 1.807) is 7.11 Å². The average molecular weight is 256 g/mol. The van der Waals surface area contributed by atoms with E-state index in [9.17, 15) is 4.79 Å². The molecule has 0 aromatic carbocycles. The minimum atomic E-state index is -0.381. The summed E-state index contributed by atoms with van der Waals surface area (Å²) < 4.78 is 5.27. The summed E-state index contributed by atoms with van der Waals surface area (Å²) in [6, 6.07) is 0.429. The van der Waals surface area contributed by atoms with Crippen LogP contribution in [0.5, 0.6) is 0 Å². The molecule has 1 heterocycles. The molecule has 0 spiro atoms. The van der Waals surface area contributed by atoms with Crippen LogP contribution in [0.2, 0.25) is 0 Å². The zero-order chi connectivity index (χ0) is 13.6. The van der Waals surface area contributed by atoms with Crippen LogP contribution in [0.3, 0.4) is 0 Å². The van der Waals surface area contributed by atoms with E-state index in [1.807, 2.05) is 13.8 Å². The first kappa shape index (κ1) is 15.4. The van der Waals surface area contributed by atoms with Gasteiger partial charge in [0.25, 0.3) is 0 Å². The summed E-state index contributed by atoms with van der Waals surface area (Å²) in [5, 5.41) is 6.53. The first-order valence-corrected chi connectivity index (χ1v) is 7.03. The van der Waals surface area contributed by atoms with Crippen LogP contribution in [0.4, 0.5) is 0 Å². The predicted molar refractivity (Wildman–Crippen MR) is 73.5 cm³/mol. The number of nitrogens with one attached hydrogen (secondary N) is 2. The van der Waals surface area contributed by atoms with Crippen molar-refractivity contribution in [1.29, 1.82) is 0 Å². The van der Waals surface area contributed by atoms with Gasteiger partial charge in [-0.25, -0.2) is 0 Å². The van der Waals surface area contributed by atoms with Gasteiger partial charge in [0.1, 0.15) is 0 Å². The minimum absolute atomic E-state index is 0.0732. The maximum Gasteiger partial charge on any atom is 0.222 e. The molecule has 4 nitrogen and oxygen atoms in total. The average Bonchev–Trinajstić information content (AvgIpc) is 2.36. The Morgan fingerprint density at radius 1 is 1.50 bits per heavy atom. The second-order valence-electron chi connectivity index (χ2n) is 5.82. The van der Waals surface area contributed by atoms with Crippen LogP contribution in [0, 0.1) is 5.92 Å². The summed E-state index contributed by atoms with van der Waals surface area (Å²) in [6.07, 6.45) is 4.11. The van der Waals surface area contributed by atoms with E-state index in [0.29, 0.717) is 18.4 Å². The molecular weight excluding hydrogens is 228 g/mol. The van der Waals surface area contributed by atoms with Gasteiger partial charge in [0, 0.05) is 19.7 Å². The maximum atomic E-state index is 11.8. The fraction of sp³-hybridized carbons (Fsp3) is 0.929. The maximum absolute atomic E-state index is 11.8. The highest BCUT2D eigenvalue weighted by Crippen LogP contribution is 2.19. The van der Waals surface area contributed by atoms with Crippen molar-refractivity contribution in [3.8, 4) is 0 Å². The Morgan fingerprint density at radius 3 is 2.83 bits per heavy atom. The molecule has 2 unspecified atom stereocenters. The predicted octanol–water partition coefficient (Wildman–Crippen LogP) is 1.70. The van der Waals surface area contributed by atoms with Crippen LogP contribution in [-0.4, -0.2) is 37.7 Å². The lowest BCUT2D eigenvalue weighted by Crippen LogP contribution is -2.49. The van der Waals surface area contributed by atoms with Gasteiger partial charge in [0.15, 0.2) is 0 Å². The number of carbonyl (C=O) groups excluding carboxylic acids is 1. The van der Waals surface area contributed by atoms with Crippen LogP contribution >= 0.6 is 0 Å². The topological polar surface area (TPSA) is 50.4 Å². The molecule has 0 radical (unpaired) electrons. The number of carbonyl (C=O) groups is 1. The van der Waals surface area contributed by atoms with E-state index in [4.69, 9.17) is 4.74 Å². The van der Waals surface area contributed by atoms with Crippen molar-refractivity contribution in [2.75, 3.05) is 20.2 Å². The second kappa shape index (κ2) is 7.10. The first-order valence-electron chi connectivity index (χ1n) is 7.03. The van der Waals surface area contributed by atoms with Crippen LogP contribution in [-0.2, 0) is 9.53 Å². The van der Waals surface area contributed by atoms with Gasteiger partial charge < -0.3 is 15.4 Å². The van der Waals surface area contributed by atoms with E-state index in [2.05, 4.69) is 17.6 Å². The number of piperidine rings is 1. The zero-order valence-corrected chi connectivity index (χ0v) is 12.2. The third-order valence-corrected chi connectivity index (χ3v) is 3.91. The Kier molecular flexibility index (Phi) is 6.09. The molecule has 0 aromatic heterocycles. The molecule has 2 N–H and O–H groups in total. The van der Waals surface area contributed by atoms with E-state index < -0.39 is 0 Å². The van der Waals surface area contributed by atoms with Crippen molar-refractivity contribution < 1.29 is 9.53 Å². The SMILES string of the molecule is CCC1CCCNC1CNC(=O)CC(C)(C)OC. The third-order valence-electron chi connectivity index (χ3n) is 3.91. The Morgan fingerprint density at radius 2 is 2.22 bits per heavy atom. The van der Waals surface area contributed by atoms with Crippen molar-refractivity contribution >= 4 is 5.91 Å². The van der Waals surface area contributed by atoms with Crippen molar-refractivity contribution in [2.45, 2.75) is 58.1 Å². The van der Waals surface area contributed by atoms with Crippen molar-refractivity contribution in [3.05, 3.63) is 0 Å². The number of hydrogen-bond donors (Lipinski definition) is 2. The second-order valence-corrected chi connectivity index (χ2v) is 5.82. The Hall–Kier alpha value is -0.610. The lowest BCUT2D eigenvalue weighted by molar-refractivity contribution is -0.126. The van der Waals surface area contributed by atoms with Crippen LogP contribution < -0.4 is 10.6 Å². The molecule has 0 bridgehead atoms. The third kappa shape index (κ3) is 4.94. The van der Waals surface area contributed by atoms with Gasteiger partial charge in [-0.1, -0.05) is 13.3 Å². The molecule has 106 valence electrons. The Balaban J connectivity index is 2.33. The molecule has 4 heteroatoms. The highest BCUT2D eigenvalue weighted by Gasteiger charge is 2.25. The van der Waals surface area contributed by atoms with Crippen LogP contribution in [0.1, 0.15) is 46.5 Å². The molecular formula is C14H28N2O2. The largest absolute Gasteiger partial charge is 0.378 e. The summed E-state index contributed by atoms with van der Waals surface area (Å²) >= 11 is 0. The summed E-state index contributed by atoms with van der Waals surface area (Å²) in [5.41, 5.74) is -0.381. The van der Waals surface area contributed by atoms with Crippen molar-refractivity contribution in [3.63, 3.8) is 0 Å². The van der Waals surface area contributed by atoms with Crippen LogP contribution in [0.25, 0.3) is 0 Å². The lowest BCUT2D eigenvalue weighted by atomic mass is 9.88. The van der Waals surface area contributed by atoms with Gasteiger partial charge in [-0.05, 0) is 39.2 Å². The molecule has 1 rings (SSSR count). The number of amides is 1. The van der Waals surface area contributed by atoms with Gasteiger partial charge in [0.05, 0.1) is 12.0 Å². The molecule has 0 saturated carbocycles. The molecule has 1 saturated heterocycles. The van der Waals surface area contributed by atoms with Gasteiger partial charge >= 0.3 is 0 Å². The fourth-order valence-electron chi connectivity index (χ4n) is 2.49. The normalized spacial score (nSPS) is 24.9. The van der Waals surface area contributed by atoms with E-state index >= 15 is 0 Å². The standard InChI is InChI=1S/C14H28N2O2/c1-5-11-7-6-8-15-12(11)10-16-13(17)9-14(2,3)18-4/h11-12,15H,5-10H2,1-4H3,(H,16,17). The van der Waals surface area contributed by atoms with Crippen molar-refractivity contribution in [1.82, 2.24) is 10.6 Å². The Bertz CT molecular complexity index is 267. The van der Waals surface area contributed by atoms with Gasteiger partial charge in [0.2, 0.25) is 5.91 Å². The highest BCUT2D eigenvalue weighted by atomic mass is 16.5. The molecule has 18 heavy (non-hydrogen) atoms. The van der Waals surface area contributed by atoms with Gasteiger partial charge in [-0.2, -0.15) is 0 Å². The first-order chi connectivity index (χ1) is 8.48. The fourth-order valence-corrected chi connectivity index (χ4v) is 2.49. The number of hydrogen-bond acceptors (Lipinski definition) is 3. The van der Waals surface area contributed by atoms with E-state index in [1.165, 1.54) is 19.3 Å². The molecule has 0 aliphatic carbocycles. The molecule has 1 aliphatic rings. The molecule has 1 amide bonds. The molecule has 0 aromatic rings. The van der Waals surface area contributed by atoms with E-state index in [-0.39, 0.29) is 11.5 Å².